The number of benzene rings is 2. The Hall–Kier alpha value is -3.14. The molecule has 0 saturated carbocycles. The van der Waals surface area contributed by atoms with Crippen LogP contribution in [0.2, 0.25) is 0 Å². The van der Waals surface area contributed by atoms with E-state index in [0.29, 0.717) is 17.1 Å². The fourth-order valence-corrected chi connectivity index (χ4v) is 2.74. The smallest absolute Gasteiger partial charge is 0.308 e. The molecule has 2 aromatic carbocycles. The van der Waals surface area contributed by atoms with Gasteiger partial charge in [0.2, 0.25) is 0 Å². The van der Waals surface area contributed by atoms with Gasteiger partial charge in [0.25, 0.3) is 0 Å². The lowest BCUT2D eigenvalue weighted by molar-refractivity contribution is -0.136. The van der Waals surface area contributed by atoms with Gasteiger partial charge in [0.15, 0.2) is 0 Å². The lowest BCUT2D eigenvalue weighted by atomic mass is 10.0. The van der Waals surface area contributed by atoms with E-state index in [2.05, 4.69) is 6.58 Å². The van der Waals surface area contributed by atoms with Gasteiger partial charge in [-0.15, -0.1) is 0 Å². The van der Waals surface area contributed by atoms with Crippen LogP contribution in [0.3, 0.4) is 0 Å². The summed E-state index contributed by atoms with van der Waals surface area (Å²) >= 11 is 0. The Kier molecular flexibility index (Phi) is 4.04. The Bertz CT molecular complexity index is 1030. The second kappa shape index (κ2) is 6.16. The van der Waals surface area contributed by atoms with Crippen LogP contribution in [0.1, 0.15) is 13.8 Å². The number of allylic oxidation sites excluding steroid dienone is 1. The van der Waals surface area contributed by atoms with Crippen molar-refractivity contribution in [3.8, 4) is 0 Å². The molecule has 24 heavy (non-hydrogen) atoms. The summed E-state index contributed by atoms with van der Waals surface area (Å²) in [5.74, 6) is -0.142. The molecule has 1 aliphatic rings. The molecule has 0 spiro atoms. The molecule has 0 unspecified atom stereocenters. The Morgan fingerprint density at radius 1 is 0.917 bits per heavy atom. The third-order valence-electron chi connectivity index (χ3n) is 3.60. The number of hydrogen-bond acceptors (Lipinski definition) is 4. The molecule has 120 valence electrons. The summed E-state index contributed by atoms with van der Waals surface area (Å²) < 4.78 is 10.7. The first kappa shape index (κ1) is 15.7. The Morgan fingerprint density at radius 3 is 2.33 bits per heavy atom. The minimum atomic E-state index is -0.436. The van der Waals surface area contributed by atoms with E-state index in [1.807, 2.05) is 36.4 Å². The second-order valence-corrected chi connectivity index (χ2v) is 5.48. The van der Waals surface area contributed by atoms with E-state index >= 15 is 0 Å². The van der Waals surface area contributed by atoms with Crippen LogP contribution in [-0.2, 0) is 19.1 Å². The van der Waals surface area contributed by atoms with E-state index in [1.54, 1.807) is 12.2 Å². The van der Waals surface area contributed by atoms with E-state index in [4.69, 9.17) is 9.47 Å². The molecule has 0 N–H and O–H groups in total. The molecule has 3 rings (SSSR count). The van der Waals surface area contributed by atoms with Crippen molar-refractivity contribution in [1.82, 2.24) is 0 Å². The average Bonchev–Trinajstić information content (AvgIpc) is 2.63. The van der Waals surface area contributed by atoms with Crippen LogP contribution in [0.15, 0.2) is 60.4 Å². The van der Waals surface area contributed by atoms with Crippen LogP contribution in [0.4, 0.5) is 0 Å². The molecule has 0 radical (unpaired) electrons. The van der Waals surface area contributed by atoms with Crippen molar-refractivity contribution >= 4 is 34.5 Å². The van der Waals surface area contributed by atoms with E-state index in [-0.39, 0.29) is 0 Å². The maximum absolute atomic E-state index is 11.6. The Labute approximate surface area is 139 Å². The monoisotopic (exact) mass is 320 g/mol. The molecule has 0 heterocycles. The lowest BCUT2D eigenvalue weighted by Gasteiger charge is -2.09. The summed E-state index contributed by atoms with van der Waals surface area (Å²) in [6.07, 6.45) is 3.33. The first-order chi connectivity index (χ1) is 11.5. The summed E-state index contributed by atoms with van der Waals surface area (Å²) in [6, 6.07) is 11.7. The molecule has 0 amide bonds. The second-order valence-electron chi connectivity index (χ2n) is 5.48. The number of hydrogen-bond donors (Lipinski definition) is 0. The van der Waals surface area contributed by atoms with Gasteiger partial charge in [0.05, 0.1) is 0 Å². The van der Waals surface area contributed by atoms with Gasteiger partial charge in [-0.25, -0.2) is 0 Å². The van der Waals surface area contributed by atoms with Gasteiger partial charge in [-0.1, -0.05) is 43.0 Å². The van der Waals surface area contributed by atoms with Crippen LogP contribution < -0.4 is 10.4 Å². The maximum Gasteiger partial charge on any atom is 0.308 e. The van der Waals surface area contributed by atoms with Crippen molar-refractivity contribution in [2.75, 3.05) is 0 Å². The van der Waals surface area contributed by atoms with Crippen LogP contribution in [0.25, 0.3) is 22.6 Å². The van der Waals surface area contributed by atoms with Crippen molar-refractivity contribution in [2.45, 2.75) is 13.8 Å². The van der Waals surface area contributed by atoms with E-state index in [0.717, 1.165) is 21.2 Å². The molecule has 2 aromatic rings. The molecule has 0 saturated heterocycles. The third-order valence-corrected chi connectivity index (χ3v) is 3.60. The first-order valence-corrected chi connectivity index (χ1v) is 7.47. The largest absolute Gasteiger partial charge is 0.427 e. The van der Waals surface area contributed by atoms with Gasteiger partial charge in [-0.3, -0.25) is 9.59 Å². The average molecular weight is 320 g/mol. The number of carbonyl (C=O) groups excluding carboxylic acids is 2. The molecule has 1 aliphatic carbocycles. The zero-order valence-corrected chi connectivity index (χ0v) is 13.5. The molecule has 0 bridgehead atoms. The fraction of sp³-hybridized carbons (Fsp3) is 0.100. The lowest BCUT2D eigenvalue weighted by Crippen LogP contribution is -2.29. The fourth-order valence-electron chi connectivity index (χ4n) is 2.74. The molecular weight excluding hydrogens is 304 g/mol. The molecular formula is C20H16O4. The van der Waals surface area contributed by atoms with Crippen molar-refractivity contribution in [3.05, 3.63) is 70.8 Å². The molecule has 4 nitrogen and oxygen atoms in total. The van der Waals surface area contributed by atoms with Crippen molar-refractivity contribution in [1.29, 1.82) is 0 Å². The summed E-state index contributed by atoms with van der Waals surface area (Å²) in [5, 5.41) is 3.49. The minimum absolute atomic E-state index is 0.353. The highest BCUT2D eigenvalue weighted by Gasteiger charge is 2.15. The number of carbonyl (C=O) groups is 2. The summed E-state index contributed by atoms with van der Waals surface area (Å²) in [4.78, 5) is 22.9. The summed E-state index contributed by atoms with van der Waals surface area (Å²) in [7, 11) is 0. The SMILES string of the molecule is C=C1C=C(OC(C)=O)C=c2ccc3ccccc3c2=C1OC(C)=O. The van der Waals surface area contributed by atoms with Crippen LogP contribution >= 0.6 is 0 Å². The van der Waals surface area contributed by atoms with Crippen molar-refractivity contribution in [2.24, 2.45) is 0 Å². The molecule has 0 aromatic heterocycles. The van der Waals surface area contributed by atoms with Crippen molar-refractivity contribution in [3.63, 3.8) is 0 Å². The van der Waals surface area contributed by atoms with Gasteiger partial charge in [0.1, 0.15) is 11.5 Å². The van der Waals surface area contributed by atoms with Gasteiger partial charge in [-0.2, -0.15) is 0 Å². The van der Waals surface area contributed by atoms with Crippen molar-refractivity contribution < 1.29 is 19.1 Å². The van der Waals surface area contributed by atoms with E-state index < -0.39 is 11.9 Å². The Morgan fingerprint density at radius 2 is 1.62 bits per heavy atom. The minimum Gasteiger partial charge on any atom is -0.427 e. The van der Waals surface area contributed by atoms with Gasteiger partial charge >= 0.3 is 11.9 Å². The molecule has 0 atom stereocenters. The topological polar surface area (TPSA) is 52.6 Å². The number of esters is 2. The van der Waals surface area contributed by atoms with Crippen LogP contribution in [0, 0.1) is 0 Å². The highest BCUT2D eigenvalue weighted by molar-refractivity contribution is 5.89. The van der Waals surface area contributed by atoms with E-state index in [9.17, 15) is 9.59 Å². The number of rotatable bonds is 2. The van der Waals surface area contributed by atoms with Crippen LogP contribution in [0.5, 0.6) is 0 Å². The first-order valence-electron chi connectivity index (χ1n) is 7.47. The number of ether oxygens (including phenoxy) is 2. The van der Waals surface area contributed by atoms with E-state index in [1.165, 1.54) is 13.8 Å². The predicted molar refractivity (Wildman–Crippen MR) is 91.8 cm³/mol. The third kappa shape index (κ3) is 2.99. The van der Waals surface area contributed by atoms with Gasteiger partial charge < -0.3 is 9.47 Å². The highest BCUT2D eigenvalue weighted by Crippen LogP contribution is 2.19. The molecule has 0 aliphatic heterocycles. The normalized spacial score (nSPS) is 13.5. The summed E-state index contributed by atoms with van der Waals surface area (Å²) in [6.45, 7) is 6.65. The maximum atomic E-state index is 11.6. The molecule has 4 heteroatoms. The van der Waals surface area contributed by atoms with Gasteiger partial charge in [-0.05, 0) is 28.1 Å². The predicted octanol–water partition coefficient (Wildman–Crippen LogP) is 2.31. The molecule has 0 fully saturated rings. The van der Waals surface area contributed by atoms with Gasteiger partial charge in [0, 0.05) is 24.6 Å². The zero-order valence-electron chi connectivity index (χ0n) is 13.5. The quantitative estimate of drug-likeness (QED) is 0.797. The highest BCUT2D eigenvalue weighted by atomic mass is 16.5. The Balaban J connectivity index is 2.42. The number of fused-ring (bicyclic) bond motifs is 3. The zero-order chi connectivity index (χ0) is 17.3. The van der Waals surface area contributed by atoms with Crippen LogP contribution in [-0.4, -0.2) is 11.9 Å². The standard InChI is InChI=1S/C20H16O4/c1-12-10-17(23-13(2)21)11-16-9-8-15-6-4-5-7-18(15)19(16)20(12)24-14(3)22/h4-11H,1H2,2-3H3. The summed E-state index contributed by atoms with van der Waals surface area (Å²) in [5.41, 5.74) is 0.466.